The lowest BCUT2D eigenvalue weighted by Gasteiger charge is -2.20. The Morgan fingerprint density at radius 2 is 1.76 bits per heavy atom. The minimum absolute atomic E-state index is 0.0118. The van der Waals surface area contributed by atoms with Crippen molar-refractivity contribution in [1.29, 1.82) is 10.5 Å². The first-order valence-corrected chi connectivity index (χ1v) is 7.96. The third kappa shape index (κ3) is 4.08. The Labute approximate surface area is 129 Å². The highest BCUT2D eigenvalue weighted by atomic mass is 35.5. The molecule has 1 aromatic carbocycles. The first kappa shape index (κ1) is 17.3. The van der Waals surface area contributed by atoms with Crippen LogP contribution in [0.15, 0.2) is 17.0 Å². The summed E-state index contributed by atoms with van der Waals surface area (Å²) in [4.78, 5) is 0.0118. The average molecular weight is 327 g/mol. The van der Waals surface area contributed by atoms with Gasteiger partial charge in [0.25, 0.3) is 0 Å². The quantitative estimate of drug-likeness (QED) is 0.804. The van der Waals surface area contributed by atoms with Crippen LogP contribution in [0.4, 0.5) is 5.69 Å². The van der Waals surface area contributed by atoms with E-state index in [0.717, 1.165) is 4.31 Å². The number of rotatable bonds is 6. The third-order valence-corrected chi connectivity index (χ3v) is 5.23. The zero-order valence-electron chi connectivity index (χ0n) is 11.5. The van der Waals surface area contributed by atoms with Gasteiger partial charge < -0.3 is 5.73 Å². The molecule has 0 aliphatic rings. The van der Waals surface area contributed by atoms with Gasteiger partial charge in [-0.25, -0.2) is 8.42 Å². The van der Waals surface area contributed by atoms with E-state index in [1.165, 1.54) is 12.1 Å². The lowest BCUT2D eigenvalue weighted by molar-refractivity contribution is 0.425. The van der Waals surface area contributed by atoms with Gasteiger partial charge in [0.05, 0.1) is 27.7 Å². The lowest BCUT2D eigenvalue weighted by atomic mass is 10.2. The van der Waals surface area contributed by atoms with Crippen molar-refractivity contribution in [3.63, 3.8) is 0 Å². The number of nitrogen functional groups attached to an aromatic ring is 1. The van der Waals surface area contributed by atoms with Gasteiger partial charge in [0.15, 0.2) is 0 Å². The van der Waals surface area contributed by atoms with E-state index in [9.17, 15) is 8.42 Å². The molecule has 0 atom stereocenters. The molecule has 21 heavy (non-hydrogen) atoms. The highest BCUT2D eigenvalue weighted by Gasteiger charge is 2.25. The molecule has 0 heterocycles. The van der Waals surface area contributed by atoms with Crippen LogP contribution in [0.3, 0.4) is 0 Å². The molecule has 0 aliphatic heterocycles. The molecule has 112 valence electrons. The highest BCUT2D eigenvalue weighted by Crippen LogP contribution is 2.28. The molecular weight excluding hydrogens is 312 g/mol. The lowest BCUT2D eigenvalue weighted by Crippen LogP contribution is -2.33. The smallest absolute Gasteiger partial charge is 0.243 e. The number of aryl methyl sites for hydroxylation is 1. The van der Waals surface area contributed by atoms with Crippen molar-refractivity contribution in [2.75, 3.05) is 18.8 Å². The fourth-order valence-corrected chi connectivity index (χ4v) is 3.43. The number of benzene rings is 1. The van der Waals surface area contributed by atoms with Crippen molar-refractivity contribution in [2.45, 2.75) is 24.7 Å². The summed E-state index contributed by atoms with van der Waals surface area (Å²) in [5.74, 6) is 0. The predicted octanol–water partition coefficient (Wildman–Crippen LogP) is 2.05. The van der Waals surface area contributed by atoms with Crippen molar-refractivity contribution in [3.8, 4) is 12.1 Å². The topological polar surface area (TPSA) is 111 Å². The second kappa shape index (κ2) is 7.28. The van der Waals surface area contributed by atoms with Crippen LogP contribution in [0.25, 0.3) is 0 Å². The van der Waals surface area contributed by atoms with E-state index in [1.54, 1.807) is 6.92 Å². The second-order valence-electron chi connectivity index (χ2n) is 4.36. The first-order chi connectivity index (χ1) is 9.84. The Morgan fingerprint density at radius 1 is 1.24 bits per heavy atom. The van der Waals surface area contributed by atoms with Gasteiger partial charge in [0.1, 0.15) is 0 Å². The molecule has 0 fully saturated rings. The minimum atomic E-state index is -3.81. The zero-order chi connectivity index (χ0) is 16.0. The monoisotopic (exact) mass is 326 g/mol. The number of anilines is 1. The van der Waals surface area contributed by atoms with Gasteiger partial charge in [-0.15, -0.1) is 0 Å². The van der Waals surface area contributed by atoms with Crippen LogP contribution in [-0.2, 0) is 10.0 Å². The normalized spacial score (nSPS) is 11.1. The number of hydrogen-bond donors (Lipinski definition) is 1. The van der Waals surface area contributed by atoms with Crippen LogP contribution in [0.1, 0.15) is 18.4 Å². The fraction of sp³-hybridized carbons (Fsp3) is 0.385. The van der Waals surface area contributed by atoms with Crippen molar-refractivity contribution in [3.05, 3.63) is 22.7 Å². The number of nitriles is 2. The molecule has 0 aliphatic carbocycles. The third-order valence-electron chi connectivity index (χ3n) is 2.84. The number of sulfonamides is 1. The summed E-state index contributed by atoms with van der Waals surface area (Å²) in [5.41, 5.74) is 6.43. The van der Waals surface area contributed by atoms with Gasteiger partial charge in [-0.05, 0) is 24.6 Å². The van der Waals surface area contributed by atoms with Crippen LogP contribution in [0, 0.1) is 29.6 Å². The first-order valence-electron chi connectivity index (χ1n) is 6.14. The summed E-state index contributed by atoms with van der Waals surface area (Å²) >= 11 is 5.93. The van der Waals surface area contributed by atoms with Gasteiger partial charge >= 0.3 is 0 Å². The van der Waals surface area contributed by atoms with E-state index in [2.05, 4.69) is 0 Å². The molecule has 6 nitrogen and oxygen atoms in total. The van der Waals surface area contributed by atoms with Crippen LogP contribution in [0.2, 0.25) is 5.02 Å². The summed E-state index contributed by atoms with van der Waals surface area (Å²) in [6.45, 7) is 1.72. The van der Waals surface area contributed by atoms with Crippen LogP contribution in [0.5, 0.6) is 0 Å². The molecule has 0 radical (unpaired) electrons. The van der Waals surface area contributed by atoms with E-state index < -0.39 is 10.0 Å². The summed E-state index contributed by atoms with van der Waals surface area (Å²) < 4.78 is 26.2. The molecular formula is C13H15ClN4O2S. The molecule has 0 unspecified atom stereocenters. The Morgan fingerprint density at radius 3 is 2.19 bits per heavy atom. The van der Waals surface area contributed by atoms with Crippen molar-refractivity contribution in [1.82, 2.24) is 4.31 Å². The van der Waals surface area contributed by atoms with Crippen LogP contribution < -0.4 is 5.73 Å². The summed E-state index contributed by atoms with van der Waals surface area (Å²) in [5, 5.41) is 17.6. The maximum atomic E-state index is 12.6. The van der Waals surface area contributed by atoms with Crippen LogP contribution in [-0.4, -0.2) is 25.8 Å². The standard InChI is InChI=1S/C13H15ClN4O2S/c1-10-8-11(9-12(17)13(10)14)21(19,20)18(6-2-4-15)7-3-5-16/h8-9H,2-3,6-7,17H2,1H3. The highest BCUT2D eigenvalue weighted by molar-refractivity contribution is 7.89. The predicted molar refractivity (Wildman–Crippen MR) is 79.8 cm³/mol. The van der Waals surface area contributed by atoms with Crippen molar-refractivity contribution in [2.24, 2.45) is 0 Å². The Bertz CT molecular complexity index is 663. The van der Waals surface area contributed by atoms with E-state index in [-0.39, 0.29) is 36.5 Å². The average Bonchev–Trinajstić information content (AvgIpc) is 2.44. The summed E-state index contributed by atoms with van der Waals surface area (Å²) in [6.07, 6.45) is 0.0967. The molecule has 0 saturated heterocycles. The van der Waals surface area contributed by atoms with Crippen molar-refractivity contribution >= 4 is 27.3 Å². The molecule has 1 rings (SSSR count). The summed E-state index contributed by atoms with van der Waals surface area (Å²) in [6, 6.07) is 6.51. The van der Waals surface area contributed by atoms with Gasteiger partial charge in [-0.3, -0.25) is 0 Å². The largest absolute Gasteiger partial charge is 0.397 e. The molecule has 2 N–H and O–H groups in total. The van der Waals surface area contributed by atoms with E-state index in [4.69, 9.17) is 27.9 Å². The number of halogens is 1. The number of hydrogen-bond acceptors (Lipinski definition) is 5. The zero-order valence-corrected chi connectivity index (χ0v) is 13.1. The number of nitrogens with zero attached hydrogens (tertiary/aromatic N) is 3. The number of nitrogens with two attached hydrogens (primary N) is 1. The molecule has 0 spiro atoms. The molecule has 1 aromatic rings. The molecule has 0 amide bonds. The fourth-order valence-electron chi connectivity index (χ4n) is 1.76. The molecule has 0 saturated carbocycles. The van der Waals surface area contributed by atoms with Gasteiger partial charge in [0, 0.05) is 25.9 Å². The minimum Gasteiger partial charge on any atom is -0.397 e. The van der Waals surface area contributed by atoms with Gasteiger partial charge in [-0.1, -0.05) is 11.6 Å². The van der Waals surface area contributed by atoms with E-state index in [1.807, 2.05) is 12.1 Å². The summed E-state index contributed by atoms with van der Waals surface area (Å²) in [7, 11) is -3.81. The molecule has 8 heteroatoms. The maximum Gasteiger partial charge on any atom is 0.243 e. The molecule has 0 aromatic heterocycles. The second-order valence-corrected chi connectivity index (χ2v) is 6.68. The van der Waals surface area contributed by atoms with Crippen LogP contribution >= 0.6 is 11.6 Å². The Balaban J connectivity index is 3.22. The Kier molecular flexibility index (Phi) is 5.98. The molecule has 0 bridgehead atoms. The Hall–Kier alpha value is -1.80. The maximum absolute atomic E-state index is 12.6. The van der Waals surface area contributed by atoms with E-state index >= 15 is 0 Å². The van der Waals surface area contributed by atoms with Gasteiger partial charge in [0.2, 0.25) is 10.0 Å². The van der Waals surface area contributed by atoms with E-state index in [0.29, 0.717) is 10.6 Å². The van der Waals surface area contributed by atoms with Gasteiger partial charge in [-0.2, -0.15) is 14.8 Å². The van der Waals surface area contributed by atoms with Crippen molar-refractivity contribution < 1.29 is 8.42 Å². The SMILES string of the molecule is Cc1cc(S(=O)(=O)N(CCC#N)CCC#N)cc(N)c1Cl.